The van der Waals surface area contributed by atoms with Gasteiger partial charge in [-0.1, -0.05) is 5.16 Å². The average Bonchev–Trinajstić information content (AvgIpc) is 2.38. The van der Waals surface area contributed by atoms with Gasteiger partial charge in [0.15, 0.2) is 5.82 Å². The van der Waals surface area contributed by atoms with Crippen LogP contribution in [0.5, 0.6) is 0 Å². The van der Waals surface area contributed by atoms with E-state index in [9.17, 15) is 9.18 Å². The third kappa shape index (κ3) is 3.90. The zero-order chi connectivity index (χ0) is 14.4. The molecular formula is C12H17FN4O2. The molecule has 0 bridgehead atoms. The maximum absolute atomic E-state index is 13.5. The second kappa shape index (κ2) is 6.67. The minimum Gasteiger partial charge on any atom is -0.409 e. The first-order valence-electron chi connectivity index (χ1n) is 5.84. The lowest BCUT2D eigenvalue weighted by Crippen LogP contribution is -2.39. The fourth-order valence-electron chi connectivity index (χ4n) is 1.58. The number of rotatable bonds is 5. The molecule has 1 rings (SSSR count). The van der Waals surface area contributed by atoms with Crippen molar-refractivity contribution in [3.05, 3.63) is 29.8 Å². The second-order valence-electron chi connectivity index (χ2n) is 4.29. The van der Waals surface area contributed by atoms with Gasteiger partial charge in [0, 0.05) is 25.2 Å². The van der Waals surface area contributed by atoms with Gasteiger partial charge in [-0.15, -0.1) is 0 Å². The van der Waals surface area contributed by atoms with Gasteiger partial charge in [-0.05, 0) is 19.9 Å². The van der Waals surface area contributed by atoms with E-state index in [0.717, 1.165) is 6.20 Å². The number of amidine groups is 1. The molecule has 0 atom stereocenters. The summed E-state index contributed by atoms with van der Waals surface area (Å²) >= 11 is 0. The highest BCUT2D eigenvalue weighted by Crippen LogP contribution is 2.11. The largest absolute Gasteiger partial charge is 0.409 e. The summed E-state index contributed by atoms with van der Waals surface area (Å²) in [5.41, 5.74) is 5.33. The van der Waals surface area contributed by atoms with Crippen LogP contribution in [0.1, 0.15) is 30.6 Å². The number of nitrogens with zero attached hydrogens (tertiary/aromatic N) is 3. The number of carbonyl (C=O) groups is 1. The van der Waals surface area contributed by atoms with Crippen LogP contribution in [-0.2, 0) is 0 Å². The van der Waals surface area contributed by atoms with Crippen molar-refractivity contribution in [3.63, 3.8) is 0 Å². The Balaban J connectivity index is 2.88. The van der Waals surface area contributed by atoms with E-state index in [2.05, 4.69) is 10.1 Å². The van der Waals surface area contributed by atoms with Gasteiger partial charge >= 0.3 is 0 Å². The van der Waals surface area contributed by atoms with Crippen molar-refractivity contribution in [2.75, 3.05) is 6.54 Å². The van der Waals surface area contributed by atoms with Crippen LogP contribution in [0.2, 0.25) is 0 Å². The number of nitrogens with two attached hydrogens (primary N) is 1. The zero-order valence-corrected chi connectivity index (χ0v) is 10.9. The molecule has 0 spiro atoms. The molecule has 0 saturated heterocycles. The molecule has 7 heteroatoms. The number of halogens is 1. The summed E-state index contributed by atoms with van der Waals surface area (Å²) in [4.78, 5) is 17.3. The minimum absolute atomic E-state index is 0.0219. The molecule has 6 nitrogen and oxygen atoms in total. The molecule has 0 saturated carbocycles. The summed E-state index contributed by atoms with van der Waals surface area (Å²) in [5, 5.41) is 11.3. The quantitative estimate of drug-likeness (QED) is 0.363. The van der Waals surface area contributed by atoms with Crippen molar-refractivity contribution in [1.82, 2.24) is 9.88 Å². The van der Waals surface area contributed by atoms with Crippen LogP contribution in [0.4, 0.5) is 4.39 Å². The van der Waals surface area contributed by atoms with Gasteiger partial charge in [-0.25, -0.2) is 4.39 Å². The zero-order valence-electron chi connectivity index (χ0n) is 10.9. The standard InChI is InChI=1S/C12H17FN4O2/c1-8(2)17(6-4-11(14)16-19)12(18)9-3-5-15-7-10(9)13/h3,5,7-8,19H,4,6H2,1-2H3,(H2,14,16). The fraction of sp³-hybridized carbons (Fsp3) is 0.417. The SMILES string of the molecule is CC(C)N(CCC(N)=NO)C(=O)c1ccncc1F. The molecule has 1 aromatic rings. The van der Waals surface area contributed by atoms with E-state index in [0.29, 0.717) is 0 Å². The van der Waals surface area contributed by atoms with Gasteiger partial charge < -0.3 is 15.8 Å². The highest BCUT2D eigenvalue weighted by atomic mass is 19.1. The molecule has 104 valence electrons. The van der Waals surface area contributed by atoms with Gasteiger partial charge in [-0.2, -0.15) is 0 Å². The summed E-state index contributed by atoms with van der Waals surface area (Å²) in [5.74, 6) is -1.09. The molecule has 0 fully saturated rings. The van der Waals surface area contributed by atoms with Gasteiger partial charge in [0.05, 0.1) is 11.8 Å². The Hall–Kier alpha value is -2.18. The molecule has 1 heterocycles. The highest BCUT2D eigenvalue weighted by Gasteiger charge is 2.21. The second-order valence-corrected chi connectivity index (χ2v) is 4.29. The number of amides is 1. The number of oxime groups is 1. The highest BCUT2D eigenvalue weighted by molar-refractivity contribution is 5.94. The van der Waals surface area contributed by atoms with Crippen LogP contribution in [0.3, 0.4) is 0 Å². The monoisotopic (exact) mass is 268 g/mol. The number of hydrogen-bond acceptors (Lipinski definition) is 4. The third-order valence-corrected chi connectivity index (χ3v) is 2.62. The van der Waals surface area contributed by atoms with Gasteiger partial charge in [-0.3, -0.25) is 9.78 Å². The van der Waals surface area contributed by atoms with Crippen molar-refractivity contribution in [2.45, 2.75) is 26.3 Å². The van der Waals surface area contributed by atoms with Crippen LogP contribution in [-0.4, -0.2) is 39.4 Å². The van der Waals surface area contributed by atoms with E-state index in [1.165, 1.54) is 17.2 Å². The van der Waals surface area contributed by atoms with Crippen molar-refractivity contribution in [1.29, 1.82) is 0 Å². The number of aromatic nitrogens is 1. The van der Waals surface area contributed by atoms with Crippen LogP contribution in [0.25, 0.3) is 0 Å². The Kier molecular flexibility index (Phi) is 5.23. The normalized spacial score (nSPS) is 11.7. The van der Waals surface area contributed by atoms with Crippen molar-refractivity contribution in [2.24, 2.45) is 10.9 Å². The van der Waals surface area contributed by atoms with Crippen LogP contribution >= 0.6 is 0 Å². The van der Waals surface area contributed by atoms with E-state index >= 15 is 0 Å². The molecule has 0 radical (unpaired) electrons. The lowest BCUT2D eigenvalue weighted by molar-refractivity contribution is 0.0706. The van der Waals surface area contributed by atoms with Crippen molar-refractivity contribution in [3.8, 4) is 0 Å². The lowest BCUT2D eigenvalue weighted by atomic mass is 10.2. The lowest BCUT2D eigenvalue weighted by Gasteiger charge is -2.26. The molecule has 0 aliphatic rings. The Labute approximate surface area is 110 Å². The Morgan fingerprint density at radius 3 is 2.84 bits per heavy atom. The summed E-state index contributed by atoms with van der Waals surface area (Å²) in [6, 6.07) is 1.20. The predicted molar refractivity (Wildman–Crippen MR) is 68.4 cm³/mol. The first-order valence-corrected chi connectivity index (χ1v) is 5.84. The number of hydrogen-bond donors (Lipinski definition) is 2. The first kappa shape index (κ1) is 14.9. The summed E-state index contributed by atoms with van der Waals surface area (Å²) in [7, 11) is 0. The fourth-order valence-corrected chi connectivity index (χ4v) is 1.58. The molecule has 1 amide bonds. The topological polar surface area (TPSA) is 91.8 Å². The number of pyridine rings is 1. The van der Waals surface area contributed by atoms with Crippen molar-refractivity contribution >= 4 is 11.7 Å². The third-order valence-electron chi connectivity index (χ3n) is 2.62. The molecule has 0 aromatic carbocycles. The smallest absolute Gasteiger partial charge is 0.257 e. The van der Waals surface area contributed by atoms with E-state index in [-0.39, 0.29) is 30.4 Å². The molecule has 3 N–H and O–H groups in total. The molecule has 19 heavy (non-hydrogen) atoms. The summed E-state index contributed by atoms with van der Waals surface area (Å²) in [6.45, 7) is 3.86. The van der Waals surface area contributed by atoms with Gasteiger partial charge in [0.1, 0.15) is 5.84 Å². The molecule has 0 aliphatic carbocycles. The molecule has 0 aliphatic heterocycles. The summed E-state index contributed by atoms with van der Waals surface area (Å²) in [6.07, 6.45) is 2.57. The maximum atomic E-state index is 13.5. The van der Waals surface area contributed by atoms with Gasteiger partial charge in [0.2, 0.25) is 0 Å². The summed E-state index contributed by atoms with van der Waals surface area (Å²) < 4.78 is 13.5. The maximum Gasteiger partial charge on any atom is 0.257 e. The van der Waals surface area contributed by atoms with Crippen LogP contribution < -0.4 is 5.73 Å². The Morgan fingerprint density at radius 1 is 1.63 bits per heavy atom. The predicted octanol–water partition coefficient (Wildman–Crippen LogP) is 1.21. The average molecular weight is 268 g/mol. The number of carbonyl (C=O) groups excluding carboxylic acids is 1. The molecular weight excluding hydrogens is 251 g/mol. The van der Waals surface area contributed by atoms with E-state index in [1.807, 2.05) is 13.8 Å². The molecule has 1 aromatic heterocycles. The minimum atomic E-state index is -0.665. The molecule has 0 unspecified atom stereocenters. The van der Waals surface area contributed by atoms with Gasteiger partial charge in [0.25, 0.3) is 5.91 Å². The van der Waals surface area contributed by atoms with Crippen LogP contribution in [0, 0.1) is 5.82 Å². The Bertz CT molecular complexity index is 477. The van der Waals surface area contributed by atoms with Crippen LogP contribution in [0.15, 0.2) is 23.6 Å². The Morgan fingerprint density at radius 2 is 2.32 bits per heavy atom. The van der Waals surface area contributed by atoms with E-state index in [1.54, 1.807) is 0 Å². The van der Waals surface area contributed by atoms with Crippen molar-refractivity contribution < 1.29 is 14.4 Å². The van der Waals surface area contributed by atoms with E-state index < -0.39 is 11.7 Å². The first-order chi connectivity index (χ1) is 8.97. The van der Waals surface area contributed by atoms with E-state index in [4.69, 9.17) is 10.9 Å².